The van der Waals surface area contributed by atoms with Gasteiger partial charge in [0.1, 0.15) is 11.6 Å². The van der Waals surface area contributed by atoms with E-state index in [1.807, 2.05) is 35.5 Å². The number of benzene rings is 1. The molecule has 1 saturated heterocycles. The quantitative estimate of drug-likeness (QED) is 0.200. The molecule has 0 unspecified atom stereocenters. The average Bonchev–Trinajstić information content (AvgIpc) is 3.61. The van der Waals surface area contributed by atoms with E-state index in [0.717, 1.165) is 62.9 Å². The van der Waals surface area contributed by atoms with E-state index in [-0.39, 0.29) is 24.2 Å². The van der Waals surface area contributed by atoms with Crippen LogP contribution in [0, 0.1) is 0 Å². The molecule has 0 spiro atoms. The summed E-state index contributed by atoms with van der Waals surface area (Å²) < 4.78 is 5.83. The monoisotopic (exact) mass is 612 g/mol. The normalized spacial score (nSPS) is 13.8. The lowest BCUT2D eigenvalue weighted by molar-refractivity contribution is -0.129. The number of carbonyl (C=O) groups is 1. The summed E-state index contributed by atoms with van der Waals surface area (Å²) in [6.07, 6.45) is 5.54. The number of halogens is 1. The number of likely N-dealkylation sites (tertiary alicyclic amines) is 1. The Bertz CT molecular complexity index is 1570. The smallest absolute Gasteiger partial charge is 0.219 e. The van der Waals surface area contributed by atoms with Gasteiger partial charge in [-0.3, -0.25) is 9.78 Å². The number of amides is 1. The fourth-order valence-corrected chi connectivity index (χ4v) is 7.88. The number of aromatic nitrogens is 4. The summed E-state index contributed by atoms with van der Waals surface area (Å²) in [5, 5.41) is 6.23. The standard InChI is InChI=1S/C27H24N6OS4.ClH/c1-17(34)33-12-8-18(9-13-33)25-30-27(38-32-25)31-26-23(36-19-5-3-2-4-6-19)15-20(16-29-26)37-22-7-11-28-21-10-14-35-24(21)22;/h2-7,10-11,14-16,18H,8-9,12-13H2,1H3,(H,29,30,31,32);1H. The Balaban J connectivity index is 0.00000308. The number of rotatable bonds is 7. The molecule has 1 amide bonds. The molecule has 200 valence electrons. The highest BCUT2D eigenvalue weighted by molar-refractivity contribution is 8.00. The summed E-state index contributed by atoms with van der Waals surface area (Å²) >= 11 is 6.43. The molecule has 0 radical (unpaired) electrons. The second kappa shape index (κ2) is 12.6. The van der Waals surface area contributed by atoms with Gasteiger partial charge in [-0.2, -0.15) is 4.37 Å². The van der Waals surface area contributed by atoms with E-state index >= 15 is 0 Å². The molecule has 12 heteroatoms. The van der Waals surface area contributed by atoms with Crippen molar-refractivity contribution in [2.45, 2.75) is 45.3 Å². The van der Waals surface area contributed by atoms with Crippen LogP contribution in [0.25, 0.3) is 10.2 Å². The van der Waals surface area contributed by atoms with Gasteiger partial charge in [0.25, 0.3) is 0 Å². The number of nitrogens with one attached hydrogen (secondary N) is 1. The highest BCUT2D eigenvalue weighted by atomic mass is 35.5. The van der Waals surface area contributed by atoms with Crippen molar-refractivity contribution in [1.29, 1.82) is 0 Å². The molecule has 39 heavy (non-hydrogen) atoms. The van der Waals surface area contributed by atoms with E-state index in [4.69, 9.17) is 9.97 Å². The molecule has 1 aliphatic rings. The number of hydrogen-bond donors (Lipinski definition) is 1. The molecule has 4 aromatic heterocycles. The zero-order valence-corrected chi connectivity index (χ0v) is 25.0. The van der Waals surface area contributed by atoms with E-state index in [0.29, 0.717) is 0 Å². The van der Waals surface area contributed by atoms with Gasteiger partial charge in [0.2, 0.25) is 11.0 Å². The van der Waals surface area contributed by atoms with E-state index in [2.05, 4.69) is 50.4 Å². The lowest BCUT2D eigenvalue weighted by atomic mass is 9.96. The van der Waals surface area contributed by atoms with Crippen LogP contribution in [0.5, 0.6) is 0 Å². The Labute approximate surface area is 249 Å². The molecule has 1 aliphatic heterocycles. The van der Waals surface area contributed by atoms with Gasteiger partial charge in [-0.1, -0.05) is 41.7 Å². The second-order valence-electron chi connectivity index (χ2n) is 8.84. The molecule has 7 nitrogen and oxygen atoms in total. The predicted octanol–water partition coefficient (Wildman–Crippen LogP) is 7.74. The van der Waals surface area contributed by atoms with Crippen LogP contribution >= 0.6 is 58.8 Å². The molecule has 1 N–H and O–H groups in total. The fourth-order valence-electron chi connectivity index (χ4n) is 4.33. The highest BCUT2D eigenvalue weighted by Crippen LogP contribution is 2.40. The second-order valence-corrected chi connectivity index (χ2v) is 12.7. The number of thiophene rings is 1. The third-order valence-electron chi connectivity index (χ3n) is 6.31. The zero-order chi connectivity index (χ0) is 25.9. The van der Waals surface area contributed by atoms with Gasteiger partial charge < -0.3 is 10.2 Å². The third-order valence-corrected chi connectivity index (χ3v) is 10.1. The summed E-state index contributed by atoms with van der Waals surface area (Å²) in [4.78, 5) is 32.0. The van der Waals surface area contributed by atoms with Crippen molar-refractivity contribution < 1.29 is 4.79 Å². The van der Waals surface area contributed by atoms with Crippen LogP contribution < -0.4 is 5.32 Å². The zero-order valence-electron chi connectivity index (χ0n) is 20.9. The van der Waals surface area contributed by atoms with Gasteiger partial charge in [-0.15, -0.1) is 23.7 Å². The van der Waals surface area contributed by atoms with Crippen molar-refractivity contribution in [3.05, 3.63) is 72.1 Å². The third kappa shape index (κ3) is 6.55. The number of pyridine rings is 2. The number of carbonyl (C=O) groups excluding carboxylic acids is 1. The van der Waals surface area contributed by atoms with Crippen molar-refractivity contribution in [3.8, 4) is 0 Å². The number of nitrogens with zero attached hydrogens (tertiary/aromatic N) is 5. The minimum absolute atomic E-state index is 0. The first-order chi connectivity index (χ1) is 18.6. The molecular weight excluding hydrogens is 588 g/mol. The molecule has 0 saturated carbocycles. The molecule has 1 fully saturated rings. The minimum Gasteiger partial charge on any atom is -0.343 e. The van der Waals surface area contributed by atoms with E-state index in [1.165, 1.54) is 21.1 Å². The van der Waals surface area contributed by atoms with Crippen LogP contribution in [0.15, 0.2) is 85.9 Å². The van der Waals surface area contributed by atoms with Gasteiger partial charge in [0, 0.05) is 64.5 Å². The van der Waals surface area contributed by atoms with E-state index in [9.17, 15) is 4.79 Å². The maximum absolute atomic E-state index is 11.7. The molecule has 1 aromatic carbocycles. The summed E-state index contributed by atoms with van der Waals surface area (Å²) in [5.74, 6) is 2.02. The number of fused-ring (bicyclic) bond motifs is 1. The largest absolute Gasteiger partial charge is 0.343 e. The topological polar surface area (TPSA) is 83.9 Å². The fraction of sp³-hybridized carbons (Fsp3) is 0.222. The van der Waals surface area contributed by atoms with Crippen molar-refractivity contribution in [2.75, 3.05) is 18.4 Å². The molecule has 5 heterocycles. The number of hydrogen-bond acceptors (Lipinski definition) is 10. The van der Waals surface area contributed by atoms with Crippen LogP contribution in [0.4, 0.5) is 10.9 Å². The highest BCUT2D eigenvalue weighted by Gasteiger charge is 2.25. The van der Waals surface area contributed by atoms with Crippen molar-refractivity contribution in [2.24, 2.45) is 0 Å². The van der Waals surface area contributed by atoms with Crippen LogP contribution in [-0.4, -0.2) is 43.2 Å². The minimum atomic E-state index is 0. The van der Waals surface area contributed by atoms with Gasteiger partial charge in [0.05, 0.1) is 15.1 Å². The molecular formula is C27H25ClN6OS4. The molecule has 0 aliphatic carbocycles. The molecule has 6 rings (SSSR count). The van der Waals surface area contributed by atoms with E-state index in [1.54, 1.807) is 41.8 Å². The summed E-state index contributed by atoms with van der Waals surface area (Å²) in [5.41, 5.74) is 1.02. The number of piperidine rings is 1. The van der Waals surface area contributed by atoms with Gasteiger partial charge in [-0.25, -0.2) is 9.97 Å². The maximum atomic E-state index is 11.7. The van der Waals surface area contributed by atoms with Gasteiger partial charge in [-0.05, 0) is 48.6 Å². The summed E-state index contributed by atoms with van der Waals surface area (Å²) in [6.45, 7) is 3.15. The van der Waals surface area contributed by atoms with E-state index < -0.39 is 0 Å². The first kappa shape index (κ1) is 27.9. The predicted molar refractivity (Wildman–Crippen MR) is 163 cm³/mol. The van der Waals surface area contributed by atoms with Crippen molar-refractivity contribution in [3.63, 3.8) is 0 Å². The van der Waals surface area contributed by atoms with Gasteiger partial charge in [0.15, 0.2) is 0 Å². The first-order valence-corrected chi connectivity index (χ1v) is 15.5. The summed E-state index contributed by atoms with van der Waals surface area (Å²) in [6, 6.07) is 16.6. The average molecular weight is 613 g/mol. The lowest BCUT2D eigenvalue weighted by Gasteiger charge is -2.29. The molecule has 5 aromatic rings. The Morgan fingerprint density at radius 1 is 1.03 bits per heavy atom. The van der Waals surface area contributed by atoms with Crippen LogP contribution in [-0.2, 0) is 4.79 Å². The Morgan fingerprint density at radius 2 is 1.82 bits per heavy atom. The van der Waals surface area contributed by atoms with Gasteiger partial charge >= 0.3 is 0 Å². The first-order valence-electron chi connectivity index (χ1n) is 12.2. The molecule has 0 bridgehead atoms. The van der Waals surface area contributed by atoms with Crippen LogP contribution in [0.3, 0.4) is 0 Å². The Morgan fingerprint density at radius 3 is 2.62 bits per heavy atom. The molecule has 0 atom stereocenters. The Kier molecular flexibility index (Phi) is 9.03. The van der Waals surface area contributed by atoms with Crippen molar-refractivity contribution >= 4 is 85.9 Å². The SMILES string of the molecule is CC(=O)N1CCC(c2nsc(Nc3ncc(Sc4ccnc5ccsc45)cc3Sc3ccccc3)n2)CC1.Cl. The number of anilines is 2. The maximum Gasteiger partial charge on any atom is 0.219 e. The lowest BCUT2D eigenvalue weighted by Crippen LogP contribution is -2.36. The van der Waals surface area contributed by atoms with Crippen LogP contribution in [0.2, 0.25) is 0 Å². The van der Waals surface area contributed by atoms with Crippen molar-refractivity contribution in [1.82, 2.24) is 24.2 Å². The summed E-state index contributed by atoms with van der Waals surface area (Å²) in [7, 11) is 0. The van der Waals surface area contributed by atoms with Crippen LogP contribution in [0.1, 0.15) is 31.5 Å². The Hall–Kier alpha value is -2.70.